The fourth-order valence-corrected chi connectivity index (χ4v) is 2.18. The number of amides is 1. The summed E-state index contributed by atoms with van der Waals surface area (Å²) in [7, 11) is 0. The van der Waals surface area contributed by atoms with Crippen molar-refractivity contribution in [3.63, 3.8) is 0 Å². The minimum Gasteiger partial charge on any atom is -0.381 e. The van der Waals surface area contributed by atoms with E-state index >= 15 is 0 Å². The molecule has 0 saturated heterocycles. The maximum Gasteiger partial charge on any atom is 0.238 e. The molecule has 0 aliphatic carbocycles. The minimum atomic E-state index is -0.0795. The molecule has 0 radical (unpaired) electrons. The number of nitrogens with zero attached hydrogens (tertiary/aromatic N) is 1. The van der Waals surface area contributed by atoms with E-state index in [0.717, 1.165) is 42.6 Å². The van der Waals surface area contributed by atoms with E-state index in [2.05, 4.69) is 12.2 Å². The Morgan fingerprint density at radius 3 is 2.45 bits per heavy atom. The first-order valence-electron chi connectivity index (χ1n) is 7.27. The second-order valence-electron chi connectivity index (χ2n) is 5.22. The first-order chi connectivity index (χ1) is 9.58. The van der Waals surface area contributed by atoms with Crippen LogP contribution < -0.4 is 5.32 Å². The lowest BCUT2D eigenvalue weighted by atomic mass is 10.1. The maximum atomic E-state index is 12.1. The highest BCUT2D eigenvalue weighted by molar-refractivity contribution is 5.93. The molecular formula is C16H26N2O2. The number of aryl methyl sites for hydroxylation is 2. The van der Waals surface area contributed by atoms with Gasteiger partial charge < -0.3 is 10.4 Å². The van der Waals surface area contributed by atoms with Gasteiger partial charge in [0, 0.05) is 12.2 Å². The zero-order valence-electron chi connectivity index (χ0n) is 12.8. The van der Waals surface area contributed by atoms with E-state index in [1.807, 2.05) is 32.0 Å². The summed E-state index contributed by atoms with van der Waals surface area (Å²) in [6.07, 6.45) is 3.26. The van der Waals surface area contributed by atoms with Crippen LogP contribution in [-0.4, -0.2) is 35.7 Å². The van der Waals surface area contributed by atoms with Crippen molar-refractivity contribution < 1.29 is 9.90 Å². The normalized spacial score (nSPS) is 10.8. The Balaban J connectivity index is 2.53. The summed E-state index contributed by atoms with van der Waals surface area (Å²) in [5.74, 6) is -0.0760. The van der Waals surface area contributed by atoms with Gasteiger partial charge in [-0.3, -0.25) is 9.69 Å². The van der Waals surface area contributed by atoms with Crippen molar-refractivity contribution in [2.24, 2.45) is 0 Å². The second kappa shape index (κ2) is 8.72. The van der Waals surface area contributed by atoms with E-state index in [-0.39, 0.29) is 19.2 Å². The number of benzene rings is 1. The van der Waals surface area contributed by atoms with Crippen LogP contribution in [-0.2, 0) is 4.79 Å². The summed E-state index contributed by atoms with van der Waals surface area (Å²) in [5, 5.41) is 12.2. The number of carbonyl (C=O) groups excluding carboxylic acids is 1. The van der Waals surface area contributed by atoms with E-state index in [1.54, 1.807) is 4.90 Å². The van der Waals surface area contributed by atoms with Gasteiger partial charge in [0.2, 0.25) is 5.91 Å². The van der Waals surface area contributed by atoms with Gasteiger partial charge in [-0.05, 0) is 31.4 Å². The van der Waals surface area contributed by atoms with Crippen LogP contribution in [0.2, 0.25) is 0 Å². The topological polar surface area (TPSA) is 52.6 Å². The quantitative estimate of drug-likeness (QED) is 0.568. The molecular weight excluding hydrogens is 252 g/mol. The SMILES string of the molecule is CCCCCN(CO)CC(=O)Nc1c(C)cccc1C. The van der Waals surface area contributed by atoms with Crippen LogP contribution in [0.25, 0.3) is 0 Å². The molecule has 0 unspecified atom stereocenters. The van der Waals surface area contributed by atoms with Gasteiger partial charge in [-0.15, -0.1) is 0 Å². The lowest BCUT2D eigenvalue weighted by molar-refractivity contribution is -0.118. The van der Waals surface area contributed by atoms with Gasteiger partial charge in [-0.25, -0.2) is 0 Å². The molecule has 0 aromatic heterocycles. The fraction of sp³-hybridized carbons (Fsp3) is 0.562. The highest BCUT2D eigenvalue weighted by Crippen LogP contribution is 2.19. The average molecular weight is 278 g/mol. The van der Waals surface area contributed by atoms with Crippen LogP contribution in [0.5, 0.6) is 0 Å². The largest absolute Gasteiger partial charge is 0.381 e. The molecule has 0 aliphatic rings. The maximum absolute atomic E-state index is 12.1. The molecule has 0 spiro atoms. The number of carbonyl (C=O) groups is 1. The van der Waals surface area contributed by atoms with Crippen LogP contribution >= 0.6 is 0 Å². The summed E-state index contributed by atoms with van der Waals surface area (Å²) in [4.78, 5) is 13.8. The van der Waals surface area contributed by atoms with E-state index in [1.165, 1.54) is 0 Å². The number of anilines is 1. The first-order valence-corrected chi connectivity index (χ1v) is 7.27. The molecule has 0 bridgehead atoms. The molecule has 0 heterocycles. The Bertz CT molecular complexity index is 412. The third kappa shape index (κ3) is 5.31. The number of nitrogens with one attached hydrogen (secondary N) is 1. The Labute approximate surface area is 121 Å². The highest BCUT2D eigenvalue weighted by atomic mass is 16.3. The van der Waals surface area contributed by atoms with Gasteiger partial charge in [-0.1, -0.05) is 38.0 Å². The highest BCUT2D eigenvalue weighted by Gasteiger charge is 2.11. The Morgan fingerprint density at radius 2 is 1.90 bits per heavy atom. The van der Waals surface area contributed by atoms with Gasteiger partial charge in [0.15, 0.2) is 0 Å². The third-order valence-corrected chi connectivity index (χ3v) is 3.39. The van der Waals surface area contributed by atoms with Crippen LogP contribution in [0.1, 0.15) is 37.3 Å². The summed E-state index contributed by atoms with van der Waals surface area (Å²) < 4.78 is 0. The molecule has 1 aromatic rings. The molecule has 0 aliphatic heterocycles. The number of hydrogen-bond acceptors (Lipinski definition) is 3. The Kier molecular flexibility index (Phi) is 7.26. The predicted octanol–water partition coefficient (Wildman–Crippen LogP) is 2.68. The molecule has 0 fully saturated rings. The smallest absolute Gasteiger partial charge is 0.238 e. The van der Waals surface area contributed by atoms with Crippen molar-refractivity contribution in [1.29, 1.82) is 0 Å². The number of rotatable bonds is 8. The molecule has 1 aromatic carbocycles. The van der Waals surface area contributed by atoms with E-state index < -0.39 is 0 Å². The predicted molar refractivity (Wildman–Crippen MR) is 82.7 cm³/mol. The van der Waals surface area contributed by atoms with Crippen molar-refractivity contribution >= 4 is 11.6 Å². The molecule has 2 N–H and O–H groups in total. The van der Waals surface area contributed by atoms with E-state index in [4.69, 9.17) is 0 Å². The van der Waals surface area contributed by atoms with E-state index in [0.29, 0.717) is 0 Å². The second-order valence-corrected chi connectivity index (χ2v) is 5.22. The van der Waals surface area contributed by atoms with Gasteiger partial charge in [0.1, 0.15) is 0 Å². The monoisotopic (exact) mass is 278 g/mol. The molecule has 1 amide bonds. The van der Waals surface area contributed by atoms with Gasteiger partial charge in [0.25, 0.3) is 0 Å². The van der Waals surface area contributed by atoms with Crippen molar-refractivity contribution in [1.82, 2.24) is 4.90 Å². The van der Waals surface area contributed by atoms with Crippen LogP contribution in [0.15, 0.2) is 18.2 Å². The summed E-state index contributed by atoms with van der Waals surface area (Å²) >= 11 is 0. The molecule has 20 heavy (non-hydrogen) atoms. The zero-order chi connectivity index (χ0) is 15.0. The summed E-state index contributed by atoms with van der Waals surface area (Å²) in [6, 6.07) is 5.94. The molecule has 112 valence electrons. The fourth-order valence-electron chi connectivity index (χ4n) is 2.18. The van der Waals surface area contributed by atoms with E-state index in [9.17, 15) is 9.90 Å². The molecule has 1 rings (SSSR count). The number of para-hydroxylation sites is 1. The number of aliphatic hydroxyl groups excluding tert-OH is 1. The van der Waals surface area contributed by atoms with Crippen LogP contribution in [0.4, 0.5) is 5.69 Å². The van der Waals surface area contributed by atoms with Crippen molar-refractivity contribution in [2.45, 2.75) is 40.0 Å². The molecule has 0 atom stereocenters. The van der Waals surface area contributed by atoms with Crippen molar-refractivity contribution in [3.05, 3.63) is 29.3 Å². The standard InChI is InChI=1S/C16H26N2O2/c1-4-5-6-10-18(12-19)11-15(20)17-16-13(2)8-7-9-14(16)3/h7-9,19H,4-6,10-12H2,1-3H3,(H,17,20). The zero-order valence-corrected chi connectivity index (χ0v) is 12.8. The Hall–Kier alpha value is -1.39. The van der Waals surface area contributed by atoms with Crippen LogP contribution in [0.3, 0.4) is 0 Å². The molecule has 4 heteroatoms. The lowest BCUT2D eigenvalue weighted by Crippen LogP contribution is -2.35. The molecule has 0 saturated carbocycles. The number of unbranched alkanes of at least 4 members (excludes halogenated alkanes) is 2. The van der Waals surface area contributed by atoms with Gasteiger partial charge in [0.05, 0.1) is 13.3 Å². The van der Waals surface area contributed by atoms with Crippen LogP contribution in [0, 0.1) is 13.8 Å². The third-order valence-electron chi connectivity index (χ3n) is 3.39. The number of hydrogen-bond donors (Lipinski definition) is 2. The van der Waals surface area contributed by atoms with Crippen molar-refractivity contribution in [2.75, 3.05) is 25.1 Å². The van der Waals surface area contributed by atoms with Gasteiger partial charge >= 0.3 is 0 Å². The lowest BCUT2D eigenvalue weighted by Gasteiger charge is -2.19. The first kappa shape index (κ1) is 16.7. The molecule has 4 nitrogen and oxygen atoms in total. The number of aliphatic hydroxyl groups is 1. The van der Waals surface area contributed by atoms with Crippen molar-refractivity contribution in [3.8, 4) is 0 Å². The Morgan fingerprint density at radius 1 is 1.25 bits per heavy atom. The summed E-state index contributed by atoms with van der Waals surface area (Å²) in [6.45, 7) is 7.00. The van der Waals surface area contributed by atoms with Gasteiger partial charge in [-0.2, -0.15) is 0 Å². The minimum absolute atomic E-state index is 0.0760. The summed E-state index contributed by atoms with van der Waals surface area (Å²) in [5.41, 5.74) is 2.99. The average Bonchev–Trinajstić information content (AvgIpc) is 2.42.